The predicted molar refractivity (Wildman–Crippen MR) is 63.0 cm³/mol. The molecule has 17 heavy (non-hydrogen) atoms. The van der Waals surface area contributed by atoms with E-state index in [0.29, 0.717) is 17.2 Å². The summed E-state index contributed by atoms with van der Waals surface area (Å²) in [5, 5.41) is 7.97. The highest BCUT2D eigenvalue weighted by Gasteiger charge is 2.17. The van der Waals surface area contributed by atoms with Crippen LogP contribution in [0.1, 0.15) is 35.0 Å². The first-order valence-electron chi connectivity index (χ1n) is 5.47. The van der Waals surface area contributed by atoms with Gasteiger partial charge in [0.2, 0.25) is 0 Å². The molecule has 0 saturated carbocycles. The Hall–Kier alpha value is -1.63. The summed E-state index contributed by atoms with van der Waals surface area (Å²) in [6, 6.07) is 0. The highest BCUT2D eigenvalue weighted by molar-refractivity contribution is 7.08. The third-order valence-electron chi connectivity index (χ3n) is 2.46. The Morgan fingerprint density at radius 1 is 1.47 bits per heavy atom. The van der Waals surface area contributed by atoms with Gasteiger partial charge < -0.3 is 0 Å². The fourth-order valence-corrected chi connectivity index (χ4v) is 2.25. The summed E-state index contributed by atoms with van der Waals surface area (Å²) < 4.78 is 5.53. The van der Waals surface area contributed by atoms with Crippen LogP contribution in [0, 0.1) is 0 Å². The van der Waals surface area contributed by atoms with Crippen LogP contribution >= 0.6 is 11.5 Å². The van der Waals surface area contributed by atoms with E-state index in [0.717, 1.165) is 23.6 Å². The van der Waals surface area contributed by atoms with Gasteiger partial charge in [-0.15, -0.1) is 5.10 Å². The van der Waals surface area contributed by atoms with Gasteiger partial charge in [0.1, 0.15) is 17.0 Å². The molecule has 0 unspecified atom stereocenters. The Morgan fingerprint density at radius 3 is 3.00 bits per heavy atom. The van der Waals surface area contributed by atoms with Crippen molar-refractivity contribution in [2.24, 2.45) is 0 Å². The number of Topliss-reactive ketones (excluding diaryl/α,β-unsaturated/α-hetero) is 1. The van der Waals surface area contributed by atoms with Crippen molar-refractivity contribution in [1.82, 2.24) is 24.4 Å². The van der Waals surface area contributed by atoms with E-state index >= 15 is 0 Å². The minimum Gasteiger partial charge on any atom is -0.293 e. The average molecular weight is 251 g/mol. The summed E-state index contributed by atoms with van der Waals surface area (Å²) >= 11 is 1.15. The topological polar surface area (TPSA) is 73.6 Å². The fraction of sp³-hybridized carbons (Fsp3) is 0.500. The van der Waals surface area contributed by atoms with Crippen LogP contribution < -0.4 is 0 Å². The Kier molecular flexibility index (Phi) is 3.58. The maximum absolute atomic E-state index is 12.1. The maximum Gasteiger partial charge on any atom is 0.183 e. The van der Waals surface area contributed by atoms with Crippen LogP contribution in [0.15, 0.2) is 6.33 Å². The van der Waals surface area contributed by atoms with Crippen LogP contribution in [0.3, 0.4) is 0 Å². The first-order chi connectivity index (χ1) is 8.26. The minimum atomic E-state index is 0.0135. The van der Waals surface area contributed by atoms with Crippen LogP contribution in [0.25, 0.3) is 0 Å². The number of aryl methyl sites for hydroxylation is 2. The normalized spacial score (nSPS) is 10.7. The molecule has 0 N–H and O–H groups in total. The lowest BCUT2D eigenvalue weighted by Crippen LogP contribution is -2.11. The molecule has 2 aromatic rings. The lowest BCUT2D eigenvalue weighted by Gasteiger charge is -2.01. The molecule has 0 aromatic carbocycles. The summed E-state index contributed by atoms with van der Waals surface area (Å²) in [4.78, 5) is 16.8. The molecule has 2 aromatic heterocycles. The highest BCUT2D eigenvalue weighted by Crippen LogP contribution is 2.14. The largest absolute Gasteiger partial charge is 0.293 e. The molecule has 90 valence electrons. The first-order valence-corrected chi connectivity index (χ1v) is 6.24. The molecule has 2 heterocycles. The van der Waals surface area contributed by atoms with E-state index in [2.05, 4.69) is 19.7 Å². The standard InChI is InChI=1S/C10H13N5OS/c1-3-7-10(17-14-13-7)8(16)5-9-11-6-12-15(9)4-2/h6H,3-5H2,1-2H3. The van der Waals surface area contributed by atoms with E-state index in [1.54, 1.807) is 4.68 Å². The van der Waals surface area contributed by atoms with E-state index in [1.165, 1.54) is 6.33 Å². The SMILES string of the molecule is CCc1nnsc1C(=O)Cc1ncnn1CC. The van der Waals surface area contributed by atoms with Gasteiger partial charge in [0.05, 0.1) is 12.1 Å². The number of rotatable bonds is 5. The van der Waals surface area contributed by atoms with Gasteiger partial charge in [-0.05, 0) is 24.9 Å². The van der Waals surface area contributed by atoms with E-state index in [1.807, 2.05) is 13.8 Å². The molecule has 0 saturated heterocycles. The Bertz CT molecular complexity index is 518. The van der Waals surface area contributed by atoms with Crippen molar-refractivity contribution in [3.8, 4) is 0 Å². The van der Waals surface area contributed by atoms with Crippen LogP contribution in [0.5, 0.6) is 0 Å². The van der Waals surface area contributed by atoms with Gasteiger partial charge in [0, 0.05) is 6.54 Å². The van der Waals surface area contributed by atoms with Crippen LogP contribution in [-0.4, -0.2) is 30.1 Å². The predicted octanol–water partition coefficient (Wildman–Crippen LogP) is 1.14. The summed E-state index contributed by atoms with van der Waals surface area (Å²) in [6.45, 7) is 4.64. The molecule has 0 spiro atoms. The molecule has 0 aliphatic carbocycles. The molecule has 0 aliphatic rings. The summed E-state index contributed by atoms with van der Waals surface area (Å²) in [7, 11) is 0. The zero-order chi connectivity index (χ0) is 12.3. The molecular formula is C10H13N5OS. The van der Waals surface area contributed by atoms with Gasteiger partial charge in [0.25, 0.3) is 0 Å². The summed E-state index contributed by atoms with van der Waals surface area (Å²) in [5.74, 6) is 0.701. The lowest BCUT2D eigenvalue weighted by atomic mass is 10.2. The molecule has 0 aliphatic heterocycles. The third kappa shape index (κ3) is 2.38. The monoisotopic (exact) mass is 251 g/mol. The van der Waals surface area contributed by atoms with Crippen molar-refractivity contribution in [1.29, 1.82) is 0 Å². The highest BCUT2D eigenvalue weighted by atomic mass is 32.1. The summed E-state index contributed by atoms with van der Waals surface area (Å²) in [5.41, 5.74) is 0.766. The zero-order valence-corrected chi connectivity index (χ0v) is 10.6. The number of ketones is 1. The Morgan fingerprint density at radius 2 is 2.29 bits per heavy atom. The van der Waals surface area contributed by atoms with Crippen LogP contribution in [0.4, 0.5) is 0 Å². The van der Waals surface area contributed by atoms with Crippen LogP contribution in [-0.2, 0) is 19.4 Å². The smallest absolute Gasteiger partial charge is 0.183 e. The quantitative estimate of drug-likeness (QED) is 0.745. The van der Waals surface area contributed by atoms with Crippen molar-refractivity contribution in [2.45, 2.75) is 33.2 Å². The fourth-order valence-electron chi connectivity index (χ4n) is 1.56. The molecule has 0 radical (unpaired) electrons. The molecule has 2 rings (SSSR count). The Labute approximate surface area is 103 Å². The number of hydrogen-bond donors (Lipinski definition) is 0. The Balaban J connectivity index is 2.17. The zero-order valence-electron chi connectivity index (χ0n) is 9.75. The maximum atomic E-state index is 12.1. The van der Waals surface area contributed by atoms with Gasteiger partial charge >= 0.3 is 0 Å². The van der Waals surface area contributed by atoms with Gasteiger partial charge in [0.15, 0.2) is 5.78 Å². The van der Waals surface area contributed by atoms with Gasteiger partial charge in [-0.3, -0.25) is 4.79 Å². The molecule has 0 fully saturated rings. The molecule has 0 amide bonds. The van der Waals surface area contributed by atoms with E-state index in [-0.39, 0.29) is 12.2 Å². The number of hydrogen-bond acceptors (Lipinski definition) is 6. The summed E-state index contributed by atoms with van der Waals surface area (Å²) in [6.07, 6.45) is 2.44. The van der Waals surface area contributed by atoms with Gasteiger partial charge in [-0.25, -0.2) is 9.67 Å². The van der Waals surface area contributed by atoms with Crippen molar-refractivity contribution in [3.63, 3.8) is 0 Å². The molecule has 0 bridgehead atoms. The van der Waals surface area contributed by atoms with Crippen molar-refractivity contribution < 1.29 is 4.79 Å². The van der Waals surface area contributed by atoms with Crippen LogP contribution in [0.2, 0.25) is 0 Å². The van der Waals surface area contributed by atoms with E-state index in [4.69, 9.17) is 0 Å². The van der Waals surface area contributed by atoms with E-state index in [9.17, 15) is 4.79 Å². The first kappa shape index (κ1) is 11.8. The number of nitrogens with zero attached hydrogens (tertiary/aromatic N) is 5. The molecule has 7 heteroatoms. The molecular weight excluding hydrogens is 238 g/mol. The number of carbonyl (C=O) groups excluding carboxylic acids is 1. The second-order valence-electron chi connectivity index (χ2n) is 3.49. The number of carbonyl (C=O) groups is 1. The molecule has 0 atom stereocenters. The second kappa shape index (κ2) is 5.13. The second-order valence-corrected chi connectivity index (χ2v) is 4.25. The number of aromatic nitrogens is 5. The minimum absolute atomic E-state index is 0.0135. The molecule has 6 nitrogen and oxygen atoms in total. The lowest BCUT2D eigenvalue weighted by molar-refractivity contribution is 0.0992. The third-order valence-corrected chi connectivity index (χ3v) is 3.27. The van der Waals surface area contributed by atoms with Crippen molar-refractivity contribution in [2.75, 3.05) is 0 Å². The van der Waals surface area contributed by atoms with Crippen molar-refractivity contribution in [3.05, 3.63) is 22.7 Å². The van der Waals surface area contributed by atoms with Gasteiger partial charge in [-0.2, -0.15) is 5.10 Å². The average Bonchev–Trinajstić information content (AvgIpc) is 2.96. The van der Waals surface area contributed by atoms with E-state index < -0.39 is 0 Å². The van der Waals surface area contributed by atoms with Gasteiger partial charge in [-0.1, -0.05) is 11.4 Å². The van der Waals surface area contributed by atoms with Crippen molar-refractivity contribution >= 4 is 17.3 Å².